The lowest BCUT2D eigenvalue weighted by atomic mass is 9.93. The average molecular weight is 217 g/mol. The van der Waals surface area contributed by atoms with E-state index in [1.54, 1.807) is 13.8 Å². The number of rotatable bonds is 8. The predicted molar refractivity (Wildman–Crippen MR) is 60.0 cm³/mol. The maximum absolute atomic E-state index is 10.9. The molecule has 0 aromatic rings. The molecule has 0 unspecified atom stereocenters. The Kier molecular flexibility index (Phi) is 6.52. The van der Waals surface area contributed by atoms with Crippen LogP contribution in [0.25, 0.3) is 0 Å². The number of aliphatic carboxylic acids is 1. The van der Waals surface area contributed by atoms with Crippen LogP contribution in [0.2, 0.25) is 0 Å². The Morgan fingerprint density at radius 1 is 1.40 bits per heavy atom. The monoisotopic (exact) mass is 217 g/mol. The van der Waals surface area contributed by atoms with Crippen molar-refractivity contribution in [2.75, 3.05) is 32.8 Å². The number of carboxylic acids is 1. The van der Waals surface area contributed by atoms with Gasteiger partial charge in [0, 0.05) is 19.7 Å². The minimum atomic E-state index is -0.752. The highest BCUT2D eigenvalue weighted by atomic mass is 16.5. The molecule has 0 saturated heterocycles. The molecule has 0 radical (unpaired) electrons. The van der Waals surface area contributed by atoms with Gasteiger partial charge in [0.1, 0.15) is 0 Å². The predicted octanol–water partition coefficient (Wildman–Crippen LogP) is 1.46. The first-order valence-electron chi connectivity index (χ1n) is 5.47. The van der Waals surface area contributed by atoms with Crippen molar-refractivity contribution in [2.24, 2.45) is 5.41 Å². The molecule has 0 spiro atoms. The van der Waals surface area contributed by atoms with Crippen LogP contribution in [0.5, 0.6) is 0 Å². The Balaban J connectivity index is 4.03. The Morgan fingerprint density at radius 3 is 2.40 bits per heavy atom. The van der Waals surface area contributed by atoms with Crippen molar-refractivity contribution in [3.8, 4) is 0 Å². The topological polar surface area (TPSA) is 49.8 Å². The zero-order valence-electron chi connectivity index (χ0n) is 10.2. The minimum Gasteiger partial charge on any atom is -0.481 e. The van der Waals surface area contributed by atoms with Crippen molar-refractivity contribution in [1.82, 2.24) is 4.90 Å². The summed E-state index contributed by atoms with van der Waals surface area (Å²) >= 11 is 0. The van der Waals surface area contributed by atoms with E-state index >= 15 is 0 Å². The van der Waals surface area contributed by atoms with Gasteiger partial charge in [0.05, 0.1) is 12.0 Å². The third kappa shape index (κ3) is 5.74. The van der Waals surface area contributed by atoms with E-state index in [4.69, 9.17) is 9.84 Å². The van der Waals surface area contributed by atoms with Crippen LogP contribution in [0.3, 0.4) is 0 Å². The largest absolute Gasteiger partial charge is 0.481 e. The zero-order valence-corrected chi connectivity index (χ0v) is 10.2. The first kappa shape index (κ1) is 14.4. The number of ether oxygens (including phenoxy) is 1. The molecule has 0 aliphatic heterocycles. The SMILES string of the molecule is CCOCCN(CC)CC(C)(C)C(=O)O. The second-order valence-corrected chi connectivity index (χ2v) is 4.25. The first-order chi connectivity index (χ1) is 6.94. The van der Waals surface area contributed by atoms with Crippen molar-refractivity contribution >= 4 is 5.97 Å². The van der Waals surface area contributed by atoms with Gasteiger partial charge in [-0.3, -0.25) is 4.79 Å². The van der Waals surface area contributed by atoms with Gasteiger partial charge < -0.3 is 14.7 Å². The number of hydrogen-bond donors (Lipinski definition) is 1. The number of likely N-dealkylation sites (N-methyl/N-ethyl adjacent to an activating group) is 1. The van der Waals surface area contributed by atoms with Gasteiger partial charge in [0.15, 0.2) is 0 Å². The molecule has 0 saturated carbocycles. The van der Waals surface area contributed by atoms with E-state index in [2.05, 4.69) is 4.90 Å². The second kappa shape index (κ2) is 6.80. The maximum atomic E-state index is 10.9. The maximum Gasteiger partial charge on any atom is 0.310 e. The summed E-state index contributed by atoms with van der Waals surface area (Å²) in [6.07, 6.45) is 0. The second-order valence-electron chi connectivity index (χ2n) is 4.25. The highest BCUT2D eigenvalue weighted by Gasteiger charge is 2.28. The smallest absolute Gasteiger partial charge is 0.310 e. The van der Waals surface area contributed by atoms with Crippen LogP contribution in [-0.4, -0.2) is 48.8 Å². The molecule has 0 aliphatic rings. The molecule has 0 fully saturated rings. The highest BCUT2D eigenvalue weighted by molar-refractivity contribution is 5.73. The quantitative estimate of drug-likeness (QED) is 0.625. The first-order valence-corrected chi connectivity index (χ1v) is 5.47. The molecule has 0 heterocycles. The van der Waals surface area contributed by atoms with E-state index in [-0.39, 0.29) is 0 Å². The van der Waals surface area contributed by atoms with Crippen molar-refractivity contribution in [3.05, 3.63) is 0 Å². The molecule has 1 N–H and O–H groups in total. The van der Waals surface area contributed by atoms with E-state index < -0.39 is 11.4 Å². The third-order valence-corrected chi connectivity index (χ3v) is 2.40. The summed E-state index contributed by atoms with van der Waals surface area (Å²) in [7, 11) is 0. The number of carbonyl (C=O) groups is 1. The molecule has 0 atom stereocenters. The van der Waals surface area contributed by atoms with Crippen molar-refractivity contribution in [3.63, 3.8) is 0 Å². The average Bonchev–Trinajstić information content (AvgIpc) is 2.16. The van der Waals surface area contributed by atoms with E-state index in [0.717, 1.165) is 13.1 Å². The summed E-state index contributed by atoms with van der Waals surface area (Å²) in [5, 5.41) is 9.00. The third-order valence-electron chi connectivity index (χ3n) is 2.40. The molecule has 90 valence electrons. The van der Waals surface area contributed by atoms with Crippen LogP contribution in [0.4, 0.5) is 0 Å². The van der Waals surface area contributed by atoms with Crippen LogP contribution in [0.1, 0.15) is 27.7 Å². The fraction of sp³-hybridized carbons (Fsp3) is 0.909. The Morgan fingerprint density at radius 2 is 2.00 bits per heavy atom. The minimum absolute atomic E-state index is 0.561. The molecular weight excluding hydrogens is 194 g/mol. The summed E-state index contributed by atoms with van der Waals surface area (Å²) < 4.78 is 5.25. The van der Waals surface area contributed by atoms with E-state index in [0.29, 0.717) is 19.8 Å². The summed E-state index contributed by atoms with van der Waals surface area (Å²) in [6.45, 7) is 11.1. The summed E-state index contributed by atoms with van der Waals surface area (Å²) in [4.78, 5) is 13.0. The van der Waals surface area contributed by atoms with Gasteiger partial charge >= 0.3 is 5.97 Å². The molecule has 0 amide bonds. The van der Waals surface area contributed by atoms with Gasteiger partial charge in [-0.15, -0.1) is 0 Å². The number of nitrogens with zero attached hydrogens (tertiary/aromatic N) is 1. The van der Waals surface area contributed by atoms with Crippen molar-refractivity contribution < 1.29 is 14.6 Å². The molecule has 4 nitrogen and oxygen atoms in total. The lowest BCUT2D eigenvalue weighted by Crippen LogP contribution is -2.40. The molecule has 0 aromatic heterocycles. The normalized spacial score (nSPS) is 12.1. The van der Waals surface area contributed by atoms with Gasteiger partial charge in [-0.1, -0.05) is 6.92 Å². The Hall–Kier alpha value is -0.610. The highest BCUT2D eigenvalue weighted by Crippen LogP contribution is 2.16. The van der Waals surface area contributed by atoms with Crippen LogP contribution in [-0.2, 0) is 9.53 Å². The lowest BCUT2D eigenvalue weighted by molar-refractivity contribution is -0.148. The molecule has 15 heavy (non-hydrogen) atoms. The fourth-order valence-corrected chi connectivity index (χ4v) is 1.31. The molecule has 0 rings (SSSR count). The molecular formula is C11H23NO3. The standard InChI is InChI=1S/C11H23NO3/c1-5-12(7-8-15-6-2)9-11(3,4)10(13)14/h5-9H2,1-4H3,(H,13,14). The van der Waals surface area contributed by atoms with Gasteiger partial charge in [-0.25, -0.2) is 0 Å². The van der Waals surface area contributed by atoms with Crippen LogP contribution < -0.4 is 0 Å². The fourth-order valence-electron chi connectivity index (χ4n) is 1.31. The summed E-state index contributed by atoms with van der Waals surface area (Å²) in [5.74, 6) is -0.752. The molecule has 0 aliphatic carbocycles. The van der Waals surface area contributed by atoms with Crippen LogP contribution >= 0.6 is 0 Å². The van der Waals surface area contributed by atoms with E-state index in [1.807, 2.05) is 13.8 Å². The van der Waals surface area contributed by atoms with Crippen molar-refractivity contribution in [1.29, 1.82) is 0 Å². The summed E-state index contributed by atoms with van der Waals surface area (Å²) in [6, 6.07) is 0. The van der Waals surface area contributed by atoms with E-state index in [9.17, 15) is 4.79 Å². The summed E-state index contributed by atoms with van der Waals surface area (Å²) in [5.41, 5.74) is -0.692. The van der Waals surface area contributed by atoms with Gasteiger partial charge in [0.2, 0.25) is 0 Å². The van der Waals surface area contributed by atoms with Crippen LogP contribution in [0.15, 0.2) is 0 Å². The number of carboxylic acid groups (broad SMARTS) is 1. The number of hydrogen-bond acceptors (Lipinski definition) is 3. The molecule has 4 heteroatoms. The van der Waals surface area contributed by atoms with Gasteiger partial charge in [-0.05, 0) is 27.3 Å². The molecule has 0 aromatic carbocycles. The van der Waals surface area contributed by atoms with Gasteiger partial charge in [-0.2, -0.15) is 0 Å². The Bertz CT molecular complexity index is 192. The zero-order chi connectivity index (χ0) is 11.9. The Labute approximate surface area is 92.2 Å². The van der Waals surface area contributed by atoms with Crippen LogP contribution in [0, 0.1) is 5.41 Å². The lowest BCUT2D eigenvalue weighted by Gasteiger charge is -2.28. The van der Waals surface area contributed by atoms with E-state index in [1.165, 1.54) is 0 Å². The molecule has 0 bridgehead atoms. The van der Waals surface area contributed by atoms with Gasteiger partial charge in [0.25, 0.3) is 0 Å². The van der Waals surface area contributed by atoms with Crippen molar-refractivity contribution in [2.45, 2.75) is 27.7 Å².